The largest absolute Gasteiger partial charge is 0.436 e. The van der Waals surface area contributed by atoms with E-state index in [9.17, 15) is 4.39 Å². The van der Waals surface area contributed by atoms with Crippen molar-refractivity contribution in [1.82, 2.24) is 9.78 Å². The van der Waals surface area contributed by atoms with E-state index in [1.54, 1.807) is 11.7 Å². The predicted molar refractivity (Wildman–Crippen MR) is 73.2 cm³/mol. The van der Waals surface area contributed by atoms with Gasteiger partial charge in [-0.15, -0.1) is 0 Å². The minimum absolute atomic E-state index is 0.187. The first kappa shape index (κ1) is 13.7. The Balaban J connectivity index is 2.38. The Morgan fingerprint density at radius 3 is 2.63 bits per heavy atom. The topological polar surface area (TPSA) is 53.1 Å². The van der Waals surface area contributed by atoms with Crippen LogP contribution in [0, 0.1) is 5.82 Å². The lowest BCUT2D eigenvalue weighted by molar-refractivity contribution is 0.431. The molecule has 0 radical (unpaired) electrons. The maximum atomic E-state index is 13.0. The molecule has 6 heteroatoms. The van der Waals surface area contributed by atoms with E-state index in [1.165, 1.54) is 18.2 Å². The zero-order valence-electron chi connectivity index (χ0n) is 10.9. The van der Waals surface area contributed by atoms with Crippen molar-refractivity contribution in [2.45, 2.75) is 19.8 Å². The van der Waals surface area contributed by atoms with Crippen LogP contribution < -0.4 is 10.5 Å². The van der Waals surface area contributed by atoms with Gasteiger partial charge in [0, 0.05) is 7.05 Å². The average molecular weight is 284 g/mol. The van der Waals surface area contributed by atoms with E-state index in [0.717, 1.165) is 5.69 Å². The van der Waals surface area contributed by atoms with Crippen LogP contribution in [0.4, 0.5) is 10.1 Å². The van der Waals surface area contributed by atoms with Crippen molar-refractivity contribution in [2.24, 2.45) is 7.05 Å². The number of aromatic nitrogens is 2. The molecule has 2 aromatic rings. The van der Waals surface area contributed by atoms with Gasteiger partial charge in [0.2, 0.25) is 5.88 Å². The minimum atomic E-state index is -0.418. The first-order valence-corrected chi connectivity index (χ1v) is 6.23. The molecule has 0 saturated carbocycles. The molecule has 0 bridgehead atoms. The van der Waals surface area contributed by atoms with Crippen molar-refractivity contribution in [3.05, 3.63) is 34.7 Å². The molecule has 0 aliphatic carbocycles. The molecular formula is C13H15ClFN3O. The lowest BCUT2D eigenvalue weighted by Gasteiger charge is -2.08. The van der Waals surface area contributed by atoms with Gasteiger partial charge in [0.1, 0.15) is 17.3 Å². The molecule has 0 aliphatic rings. The number of nitrogens with two attached hydrogens (primary N) is 1. The Hall–Kier alpha value is -1.75. The molecule has 0 fully saturated rings. The van der Waals surface area contributed by atoms with E-state index in [1.807, 2.05) is 13.8 Å². The summed E-state index contributed by atoms with van der Waals surface area (Å²) in [6, 6.07) is 3.92. The van der Waals surface area contributed by atoms with Crippen molar-refractivity contribution in [1.29, 1.82) is 0 Å². The predicted octanol–water partition coefficient (Wildman–Crippen LogP) is 3.71. The van der Waals surface area contributed by atoms with E-state index < -0.39 is 5.82 Å². The van der Waals surface area contributed by atoms with Crippen molar-refractivity contribution >= 4 is 17.3 Å². The third kappa shape index (κ3) is 2.66. The third-order valence-corrected chi connectivity index (χ3v) is 3.00. The van der Waals surface area contributed by atoms with Gasteiger partial charge in [0.25, 0.3) is 0 Å². The summed E-state index contributed by atoms with van der Waals surface area (Å²) in [7, 11) is 1.73. The molecule has 0 aliphatic heterocycles. The van der Waals surface area contributed by atoms with Gasteiger partial charge in [-0.3, -0.25) is 0 Å². The van der Waals surface area contributed by atoms with E-state index >= 15 is 0 Å². The van der Waals surface area contributed by atoms with Gasteiger partial charge in [-0.05, 0) is 24.1 Å². The zero-order valence-corrected chi connectivity index (χ0v) is 11.7. The Labute approximate surface area is 115 Å². The number of nitrogen functional groups attached to an aromatic ring is 1. The van der Waals surface area contributed by atoms with Crippen molar-refractivity contribution < 1.29 is 9.13 Å². The number of anilines is 1. The first-order valence-electron chi connectivity index (χ1n) is 5.85. The molecule has 0 atom stereocenters. The summed E-state index contributed by atoms with van der Waals surface area (Å²) >= 11 is 5.92. The van der Waals surface area contributed by atoms with Gasteiger partial charge < -0.3 is 10.5 Å². The highest BCUT2D eigenvalue weighted by atomic mass is 35.5. The first-order chi connectivity index (χ1) is 8.90. The summed E-state index contributed by atoms with van der Waals surface area (Å²) in [6.07, 6.45) is 0. The molecule has 19 heavy (non-hydrogen) atoms. The second-order valence-electron chi connectivity index (χ2n) is 4.56. The van der Waals surface area contributed by atoms with Crippen molar-refractivity contribution in [3.8, 4) is 11.6 Å². The summed E-state index contributed by atoms with van der Waals surface area (Å²) in [5.74, 6) is 0.510. The summed E-state index contributed by atoms with van der Waals surface area (Å²) < 4.78 is 20.2. The summed E-state index contributed by atoms with van der Waals surface area (Å²) in [6.45, 7) is 3.99. The van der Waals surface area contributed by atoms with Crippen LogP contribution >= 0.6 is 11.6 Å². The normalized spacial score (nSPS) is 11.1. The lowest BCUT2D eigenvalue weighted by atomic mass is 10.1. The number of hydrogen-bond acceptors (Lipinski definition) is 3. The molecule has 2 rings (SSSR count). The molecule has 0 amide bonds. The molecule has 102 valence electrons. The summed E-state index contributed by atoms with van der Waals surface area (Å²) in [4.78, 5) is 0. The number of ether oxygens (including phenoxy) is 1. The smallest absolute Gasteiger partial charge is 0.241 e. The average Bonchev–Trinajstić information content (AvgIpc) is 2.60. The molecule has 1 aromatic heterocycles. The quantitative estimate of drug-likeness (QED) is 0.934. The van der Waals surface area contributed by atoms with Gasteiger partial charge in [0.15, 0.2) is 0 Å². The fourth-order valence-electron chi connectivity index (χ4n) is 1.75. The second kappa shape index (κ2) is 5.09. The van der Waals surface area contributed by atoms with Crippen LogP contribution in [-0.2, 0) is 7.05 Å². The van der Waals surface area contributed by atoms with E-state index in [-0.39, 0.29) is 10.9 Å². The Bertz CT molecular complexity index is 610. The zero-order chi connectivity index (χ0) is 14.2. The van der Waals surface area contributed by atoms with Crippen LogP contribution in [0.1, 0.15) is 25.5 Å². The molecule has 0 spiro atoms. The summed E-state index contributed by atoms with van der Waals surface area (Å²) in [5.41, 5.74) is 7.24. The number of benzene rings is 1. The highest BCUT2D eigenvalue weighted by Crippen LogP contribution is 2.35. The number of nitrogens with zero attached hydrogens (tertiary/aromatic N) is 2. The molecule has 1 heterocycles. The molecular weight excluding hydrogens is 269 g/mol. The second-order valence-corrected chi connectivity index (χ2v) is 4.97. The Kier molecular flexibility index (Phi) is 3.66. The van der Waals surface area contributed by atoms with Crippen LogP contribution in [0.3, 0.4) is 0 Å². The van der Waals surface area contributed by atoms with E-state index in [2.05, 4.69) is 5.10 Å². The van der Waals surface area contributed by atoms with Gasteiger partial charge in [-0.2, -0.15) is 5.10 Å². The van der Waals surface area contributed by atoms with Crippen LogP contribution in [0.15, 0.2) is 18.2 Å². The van der Waals surface area contributed by atoms with Gasteiger partial charge in [-0.1, -0.05) is 25.4 Å². The SMILES string of the molecule is CC(C)c1nn(C)c(Oc2ccc(F)cc2Cl)c1N. The molecule has 4 nitrogen and oxygen atoms in total. The standard InChI is InChI=1S/C13H15ClFN3O/c1-7(2)12-11(16)13(18(3)17-12)19-10-5-4-8(15)6-9(10)14/h4-7H,16H2,1-3H3. The van der Waals surface area contributed by atoms with Crippen LogP contribution in [0.5, 0.6) is 11.6 Å². The lowest BCUT2D eigenvalue weighted by Crippen LogP contribution is -1.97. The highest BCUT2D eigenvalue weighted by molar-refractivity contribution is 6.32. The minimum Gasteiger partial charge on any atom is -0.436 e. The van der Waals surface area contributed by atoms with E-state index in [4.69, 9.17) is 22.1 Å². The van der Waals surface area contributed by atoms with Crippen LogP contribution in [0.25, 0.3) is 0 Å². The maximum absolute atomic E-state index is 13.0. The Morgan fingerprint density at radius 1 is 1.42 bits per heavy atom. The number of rotatable bonds is 3. The fourth-order valence-corrected chi connectivity index (χ4v) is 1.96. The summed E-state index contributed by atoms with van der Waals surface area (Å²) in [5, 5.41) is 4.49. The molecule has 0 saturated heterocycles. The maximum Gasteiger partial charge on any atom is 0.241 e. The van der Waals surface area contributed by atoms with Gasteiger partial charge in [0.05, 0.1) is 10.7 Å². The van der Waals surface area contributed by atoms with Crippen LogP contribution in [0.2, 0.25) is 5.02 Å². The number of aryl methyl sites for hydroxylation is 1. The third-order valence-electron chi connectivity index (χ3n) is 2.71. The number of hydrogen-bond donors (Lipinski definition) is 1. The van der Waals surface area contributed by atoms with Gasteiger partial charge >= 0.3 is 0 Å². The van der Waals surface area contributed by atoms with Crippen molar-refractivity contribution in [3.63, 3.8) is 0 Å². The van der Waals surface area contributed by atoms with E-state index in [0.29, 0.717) is 17.3 Å². The Morgan fingerprint density at radius 2 is 2.11 bits per heavy atom. The fraction of sp³-hybridized carbons (Fsp3) is 0.308. The van der Waals surface area contributed by atoms with Crippen molar-refractivity contribution in [2.75, 3.05) is 5.73 Å². The highest BCUT2D eigenvalue weighted by Gasteiger charge is 2.18. The monoisotopic (exact) mass is 283 g/mol. The number of halogens is 2. The molecule has 2 N–H and O–H groups in total. The van der Waals surface area contributed by atoms with Gasteiger partial charge in [-0.25, -0.2) is 9.07 Å². The molecule has 1 aromatic carbocycles. The molecule has 0 unspecified atom stereocenters. The van der Waals surface area contributed by atoms with Crippen LogP contribution in [-0.4, -0.2) is 9.78 Å².